The highest BCUT2D eigenvalue weighted by Gasteiger charge is 2.35. The van der Waals surface area contributed by atoms with Crippen molar-refractivity contribution in [2.24, 2.45) is 7.05 Å². The van der Waals surface area contributed by atoms with Crippen LogP contribution in [0.4, 0.5) is 19.1 Å². The number of aromatic amines is 1. The molecule has 25 heavy (non-hydrogen) atoms. The molecule has 1 aromatic carbocycles. The number of carbonyl (C=O) groups is 1. The van der Waals surface area contributed by atoms with Gasteiger partial charge in [-0.3, -0.25) is 15.2 Å². The van der Waals surface area contributed by atoms with Crippen LogP contribution in [0.25, 0.3) is 10.9 Å². The number of amides is 1. The number of hydrogen-bond donors (Lipinski definition) is 2. The Balaban J connectivity index is 1.55. The normalized spacial score (nSPS) is 11.8. The zero-order valence-corrected chi connectivity index (χ0v) is 13.4. The minimum absolute atomic E-state index is 0.166. The number of halogens is 3. The van der Waals surface area contributed by atoms with Gasteiger partial charge in [-0.25, -0.2) is 0 Å². The van der Waals surface area contributed by atoms with Crippen LogP contribution in [0, 0.1) is 0 Å². The number of para-hydroxylation sites is 1. The predicted octanol–water partition coefficient (Wildman–Crippen LogP) is 3.28. The summed E-state index contributed by atoms with van der Waals surface area (Å²) in [5.74, 6) is -2.03. The van der Waals surface area contributed by atoms with E-state index in [-0.39, 0.29) is 12.4 Å². The first-order valence-corrected chi connectivity index (χ1v) is 7.67. The fourth-order valence-electron chi connectivity index (χ4n) is 2.70. The van der Waals surface area contributed by atoms with Gasteiger partial charge in [-0.2, -0.15) is 18.2 Å². The summed E-state index contributed by atoms with van der Waals surface area (Å²) in [5.41, 5.74) is 2.24. The van der Waals surface area contributed by atoms with Crippen LogP contribution in [-0.4, -0.2) is 25.7 Å². The molecule has 0 saturated heterocycles. The van der Waals surface area contributed by atoms with Gasteiger partial charge in [0.2, 0.25) is 17.7 Å². The summed E-state index contributed by atoms with van der Waals surface area (Å²) in [7, 11) is 1.96. The van der Waals surface area contributed by atoms with Crippen LogP contribution in [0.2, 0.25) is 0 Å². The summed E-state index contributed by atoms with van der Waals surface area (Å²) in [6.45, 7) is 0. The summed E-state index contributed by atoms with van der Waals surface area (Å²) >= 11 is 0. The number of nitrogens with one attached hydrogen (secondary N) is 2. The Labute approximate surface area is 141 Å². The lowest BCUT2D eigenvalue weighted by Gasteiger charge is -2.01. The molecule has 0 radical (unpaired) electrons. The maximum Gasteiger partial charge on any atom is 0.451 e. The molecule has 2 heterocycles. The molecular formula is C16H16F3N5O. The van der Waals surface area contributed by atoms with Gasteiger partial charge >= 0.3 is 6.18 Å². The van der Waals surface area contributed by atoms with Crippen LogP contribution in [-0.2, 0) is 24.4 Å². The van der Waals surface area contributed by atoms with E-state index in [0.717, 1.165) is 16.5 Å². The molecule has 2 aromatic heterocycles. The Bertz CT molecular complexity index is 897. The number of carbonyl (C=O) groups excluding carboxylic acids is 1. The van der Waals surface area contributed by atoms with E-state index in [1.54, 1.807) is 5.10 Å². The Morgan fingerprint density at radius 1 is 1.32 bits per heavy atom. The highest BCUT2D eigenvalue weighted by molar-refractivity contribution is 5.89. The fourth-order valence-corrected chi connectivity index (χ4v) is 2.70. The van der Waals surface area contributed by atoms with Crippen LogP contribution in [0.15, 0.2) is 30.5 Å². The summed E-state index contributed by atoms with van der Waals surface area (Å²) in [6.07, 6.45) is -1.18. The van der Waals surface area contributed by atoms with Crippen molar-refractivity contribution in [3.8, 4) is 0 Å². The molecule has 3 rings (SSSR count). The van der Waals surface area contributed by atoms with Gasteiger partial charge < -0.3 is 4.57 Å². The number of aromatic nitrogens is 4. The van der Waals surface area contributed by atoms with Crippen LogP contribution >= 0.6 is 0 Å². The second-order valence-electron chi connectivity index (χ2n) is 5.69. The van der Waals surface area contributed by atoms with Crippen molar-refractivity contribution < 1.29 is 18.0 Å². The van der Waals surface area contributed by atoms with Crippen molar-refractivity contribution in [1.82, 2.24) is 19.7 Å². The molecule has 0 saturated carbocycles. The average molecular weight is 351 g/mol. The summed E-state index contributed by atoms with van der Waals surface area (Å²) < 4.78 is 39.3. The molecule has 132 valence electrons. The number of nitrogens with zero attached hydrogens (tertiary/aromatic N) is 3. The maximum atomic E-state index is 12.4. The lowest BCUT2D eigenvalue weighted by atomic mass is 10.1. The van der Waals surface area contributed by atoms with Crippen molar-refractivity contribution >= 4 is 22.8 Å². The minimum Gasteiger partial charge on any atom is -0.350 e. The van der Waals surface area contributed by atoms with Gasteiger partial charge in [-0.1, -0.05) is 18.2 Å². The van der Waals surface area contributed by atoms with Crippen LogP contribution < -0.4 is 5.32 Å². The molecule has 2 N–H and O–H groups in total. The van der Waals surface area contributed by atoms with E-state index >= 15 is 0 Å². The Hall–Kier alpha value is -2.84. The third-order valence-electron chi connectivity index (χ3n) is 3.83. The maximum absolute atomic E-state index is 12.4. The van der Waals surface area contributed by atoms with E-state index in [1.807, 2.05) is 42.1 Å². The third-order valence-corrected chi connectivity index (χ3v) is 3.83. The number of aryl methyl sites for hydroxylation is 2. The number of H-pyrrole nitrogens is 1. The number of fused-ring (bicyclic) bond motifs is 1. The SMILES string of the molecule is Cn1cc(CCCC(=O)Nc2n[nH]c(C(F)(F)F)n2)c2ccccc21. The minimum atomic E-state index is -4.62. The molecule has 0 fully saturated rings. The third kappa shape index (κ3) is 3.81. The number of hydrogen-bond acceptors (Lipinski definition) is 3. The summed E-state index contributed by atoms with van der Waals surface area (Å²) in [4.78, 5) is 15.0. The van der Waals surface area contributed by atoms with Gasteiger partial charge in [0.25, 0.3) is 0 Å². The van der Waals surface area contributed by atoms with Gasteiger partial charge in [0.1, 0.15) is 0 Å². The summed E-state index contributed by atoms with van der Waals surface area (Å²) in [5, 5.41) is 8.49. The van der Waals surface area contributed by atoms with Crippen molar-refractivity contribution in [1.29, 1.82) is 0 Å². The van der Waals surface area contributed by atoms with Crippen molar-refractivity contribution in [3.63, 3.8) is 0 Å². The zero-order valence-electron chi connectivity index (χ0n) is 13.4. The van der Waals surface area contributed by atoms with Crippen LogP contribution in [0.3, 0.4) is 0 Å². The molecule has 0 aliphatic rings. The van der Waals surface area contributed by atoms with E-state index in [4.69, 9.17) is 0 Å². The number of anilines is 1. The van der Waals surface area contributed by atoms with E-state index in [9.17, 15) is 18.0 Å². The van der Waals surface area contributed by atoms with E-state index < -0.39 is 17.9 Å². The van der Waals surface area contributed by atoms with E-state index in [2.05, 4.69) is 15.4 Å². The number of benzene rings is 1. The molecule has 0 atom stereocenters. The van der Waals surface area contributed by atoms with Gasteiger partial charge in [-0.15, -0.1) is 5.10 Å². The molecule has 0 bridgehead atoms. The quantitative estimate of drug-likeness (QED) is 0.741. The van der Waals surface area contributed by atoms with Gasteiger partial charge in [-0.05, 0) is 24.5 Å². The first-order valence-electron chi connectivity index (χ1n) is 7.67. The van der Waals surface area contributed by atoms with E-state index in [1.165, 1.54) is 0 Å². The van der Waals surface area contributed by atoms with E-state index in [0.29, 0.717) is 12.8 Å². The van der Waals surface area contributed by atoms with Gasteiger partial charge in [0, 0.05) is 30.6 Å². The highest BCUT2D eigenvalue weighted by atomic mass is 19.4. The number of alkyl halides is 3. The smallest absolute Gasteiger partial charge is 0.350 e. The molecule has 3 aromatic rings. The Morgan fingerprint density at radius 3 is 2.80 bits per heavy atom. The largest absolute Gasteiger partial charge is 0.451 e. The molecule has 0 unspecified atom stereocenters. The van der Waals surface area contributed by atoms with Crippen LogP contribution in [0.1, 0.15) is 24.2 Å². The first kappa shape index (κ1) is 17.0. The molecule has 0 aliphatic heterocycles. The zero-order chi connectivity index (χ0) is 18.0. The van der Waals surface area contributed by atoms with Gasteiger partial charge in [0.05, 0.1) is 0 Å². The predicted molar refractivity (Wildman–Crippen MR) is 85.9 cm³/mol. The molecule has 1 amide bonds. The second kappa shape index (κ2) is 6.58. The molecule has 6 nitrogen and oxygen atoms in total. The Morgan fingerprint density at radius 2 is 2.08 bits per heavy atom. The van der Waals surface area contributed by atoms with Crippen LogP contribution in [0.5, 0.6) is 0 Å². The highest BCUT2D eigenvalue weighted by Crippen LogP contribution is 2.26. The second-order valence-corrected chi connectivity index (χ2v) is 5.69. The first-order chi connectivity index (χ1) is 11.8. The molecule has 0 aliphatic carbocycles. The molecule has 9 heteroatoms. The molecule has 0 spiro atoms. The topological polar surface area (TPSA) is 75.6 Å². The van der Waals surface area contributed by atoms with Gasteiger partial charge in [0.15, 0.2) is 0 Å². The monoisotopic (exact) mass is 351 g/mol. The number of rotatable bonds is 5. The van der Waals surface area contributed by atoms with Crippen molar-refractivity contribution in [2.45, 2.75) is 25.4 Å². The Kier molecular flexibility index (Phi) is 4.47. The lowest BCUT2D eigenvalue weighted by molar-refractivity contribution is -0.144. The van der Waals surface area contributed by atoms with Crippen molar-refractivity contribution in [2.75, 3.05) is 5.32 Å². The summed E-state index contributed by atoms with van der Waals surface area (Å²) in [6, 6.07) is 7.97. The fraction of sp³-hybridized carbons (Fsp3) is 0.312. The lowest BCUT2D eigenvalue weighted by Crippen LogP contribution is -2.13. The molecular weight excluding hydrogens is 335 g/mol. The standard InChI is InChI=1S/C16H16F3N5O/c1-24-9-10(11-6-2-3-7-12(11)24)5-4-8-13(25)20-15-21-14(22-23-15)16(17,18)19/h2-3,6-7,9H,4-5,8H2,1H3,(H2,20,21,22,23,25). The van der Waals surface area contributed by atoms with Crippen molar-refractivity contribution in [3.05, 3.63) is 41.9 Å². The average Bonchev–Trinajstić information content (AvgIpc) is 3.13.